The van der Waals surface area contributed by atoms with Gasteiger partial charge in [-0.15, -0.1) is 0 Å². The first-order chi connectivity index (χ1) is 6.74. The summed E-state index contributed by atoms with van der Waals surface area (Å²) in [5.41, 5.74) is 0. The molecule has 1 aromatic rings. The van der Waals surface area contributed by atoms with Gasteiger partial charge in [-0.1, -0.05) is 23.8 Å². The number of pyridine rings is 1. The van der Waals surface area contributed by atoms with Crippen LogP contribution in [0.2, 0.25) is 0 Å². The van der Waals surface area contributed by atoms with E-state index in [1.807, 2.05) is 25.1 Å². The van der Waals surface area contributed by atoms with Crippen LogP contribution in [0.1, 0.15) is 13.3 Å². The highest BCUT2D eigenvalue weighted by molar-refractivity contribution is 8.77. The molecule has 0 aliphatic rings. The molecule has 0 spiro atoms. The lowest BCUT2D eigenvalue weighted by molar-refractivity contribution is -0.136. The van der Waals surface area contributed by atoms with Gasteiger partial charge in [0.25, 0.3) is 0 Å². The van der Waals surface area contributed by atoms with E-state index < -0.39 is 5.97 Å². The molecule has 1 rings (SSSR count). The van der Waals surface area contributed by atoms with Gasteiger partial charge in [0, 0.05) is 6.20 Å². The summed E-state index contributed by atoms with van der Waals surface area (Å²) in [7, 11) is 2.74. The molecule has 5 heteroatoms. The molecule has 1 heterocycles. The molecule has 0 fully saturated rings. The Kier molecular flexibility index (Phi) is 4.82. The summed E-state index contributed by atoms with van der Waals surface area (Å²) in [4.78, 5) is 14.8. The maximum absolute atomic E-state index is 10.7. The van der Waals surface area contributed by atoms with Gasteiger partial charge in [0.05, 0.1) is 0 Å². The van der Waals surface area contributed by atoms with Gasteiger partial charge in [-0.2, -0.15) is 0 Å². The number of nitrogens with zero attached hydrogens (tertiary/aromatic N) is 1. The first-order valence-electron chi connectivity index (χ1n) is 4.21. The zero-order valence-electron chi connectivity index (χ0n) is 7.71. The van der Waals surface area contributed by atoms with Crippen molar-refractivity contribution in [1.29, 1.82) is 0 Å². The quantitative estimate of drug-likeness (QED) is 0.787. The van der Waals surface area contributed by atoms with Crippen LogP contribution in [0.5, 0.6) is 0 Å². The molecule has 0 aliphatic heterocycles. The lowest BCUT2D eigenvalue weighted by Gasteiger charge is -2.06. The van der Waals surface area contributed by atoms with Crippen LogP contribution in [0, 0.1) is 0 Å². The fourth-order valence-corrected chi connectivity index (χ4v) is 3.05. The van der Waals surface area contributed by atoms with Crippen LogP contribution >= 0.6 is 21.6 Å². The number of carbonyl (C=O) groups is 1. The Balaban J connectivity index is 2.44. The van der Waals surface area contributed by atoms with Gasteiger partial charge in [-0.3, -0.25) is 4.79 Å². The summed E-state index contributed by atoms with van der Waals surface area (Å²) in [5, 5.41) is 9.28. The van der Waals surface area contributed by atoms with Crippen LogP contribution in [-0.2, 0) is 4.79 Å². The Labute approximate surface area is 90.7 Å². The van der Waals surface area contributed by atoms with Gasteiger partial charge in [0.1, 0.15) is 10.3 Å². The predicted molar refractivity (Wildman–Crippen MR) is 59.4 cm³/mol. The van der Waals surface area contributed by atoms with Crippen molar-refractivity contribution in [3.05, 3.63) is 24.4 Å². The van der Waals surface area contributed by atoms with E-state index in [-0.39, 0.29) is 5.25 Å². The van der Waals surface area contributed by atoms with Gasteiger partial charge >= 0.3 is 5.97 Å². The Morgan fingerprint density at radius 1 is 1.64 bits per heavy atom. The molecule has 1 unspecified atom stereocenters. The molecule has 14 heavy (non-hydrogen) atoms. The standard InChI is InChI=1S/C9H11NO2S2/c1-2-7(9(11)12)13-14-8-5-3-4-6-10-8/h3-7H,2H2,1H3,(H,11,12). The molecule has 1 N–H and O–H groups in total. The zero-order chi connectivity index (χ0) is 10.4. The van der Waals surface area contributed by atoms with Crippen molar-refractivity contribution in [2.24, 2.45) is 0 Å². The minimum Gasteiger partial charge on any atom is -0.480 e. The molecule has 0 aliphatic carbocycles. The van der Waals surface area contributed by atoms with E-state index in [2.05, 4.69) is 4.98 Å². The van der Waals surface area contributed by atoms with Crippen molar-refractivity contribution in [2.75, 3.05) is 0 Å². The summed E-state index contributed by atoms with van der Waals surface area (Å²) in [5.74, 6) is -0.763. The smallest absolute Gasteiger partial charge is 0.317 e. The molecule has 76 valence electrons. The number of rotatable bonds is 5. The molecule has 1 aromatic heterocycles. The van der Waals surface area contributed by atoms with Gasteiger partial charge < -0.3 is 5.11 Å². The van der Waals surface area contributed by atoms with Crippen LogP contribution in [0.3, 0.4) is 0 Å². The Morgan fingerprint density at radius 3 is 2.93 bits per heavy atom. The second-order valence-corrected chi connectivity index (χ2v) is 5.01. The summed E-state index contributed by atoms with van der Waals surface area (Å²) in [6.07, 6.45) is 2.32. The van der Waals surface area contributed by atoms with E-state index in [4.69, 9.17) is 5.11 Å². The summed E-state index contributed by atoms with van der Waals surface area (Å²) in [6, 6.07) is 5.59. The van der Waals surface area contributed by atoms with Gasteiger partial charge in [0.15, 0.2) is 0 Å². The molecular weight excluding hydrogens is 218 g/mol. The number of aliphatic carboxylic acids is 1. The number of hydrogen-bond donors (Lipinski definition) is 1. The normalized spacial score (nSPS) is 12.4. The molecule has 1 atom stereocenters. The molecule has 3 nitrogen and oxygen atoms in total. The second kappa shape index (κ2) is 5.93. The lowest BCUT2D eigenvalue weighted by Crippen LogP contribution is -2.13. The molecular formula is C9H11NO2S2. The molecule has 0 saturated carbocycles. The largest absolute Gasteiger partial charge is 0.480 e. The topological polar surface area (TPSA) is 50.2 Å². The fourth-order valence-electron chi connectivity index (χ4n) is 0.788. The molecule has 0 bridgehead atoms. The predicted octanol–water partition coefficient (Wildman–Crippen LogP) is 2.69. The van der Waals surface area contributed by atoms with Gasteiger partial charge in [-0.25, -0.2) is 4.98 Å². The average Bonchev–Trinajstić information content (AvgIpc) is 2.20. The first-order valence-corrected chi connectivity index (χ1v) is 6.42. The molecule has 0 aromatic carbocycles. The number of aromatic nitrogens is 1. The average molecular weight is 229 g/mol. The number of carboxylic acid groups (broad SMARTS) is 1. The third-order valence-electron chi connectivity index (χ3n) is 1.53. The van der Waals surface area contributed by atoms with Gasteiger partial charge in [0.2, 0.25) is 0 Å². The fraction of sp³-hybridized carbons (Fsp3) is 0.333. The maximum Gasteiger partial charge on any atom is 0.317 e. The van der Waals surface area contributed by atoms with Crippen LogP contribution in [0.15, 0.2) is 29.4 Å². The second-order valence-electron chi connectivity index (χ2n) is 2.58. The minimum atomic E-state index is -0.763. The number of carboxylic acids is 1. The van der Waals surface area contributed by atoms with Crippen LogP contribution in [-0.4, -0.2) is 21.3 Å². The SMILES string of the molecule is CCC(SSc1ccccn1)C(=O)O. The van der Waals surface area contributed by atoms with Crippen molar-refractivity contribution < 1.29 is 9.90 Å². The summed E-state index contributed by atoms with van der Waals surface area (Å²) in [6.45, 7) is 1.87. The van der Waals surface area contributed by atoms with Crippen molar-refractivity contribution in [1.82, 2.24) is 4.98 Å². The molecule has 0 radical (unpaired) electrons. The Bertz CT molecular complexity index is 292. The minimum absolute atomic E-state index is 0.359. The third-order valence-corrected chi connectivity index (χ3v) is 4.31. The highest BCUT2D eigenvalue weighted by Gasteiger charge is 2.16. The lowest BCUT2D eigenvalue weighted by atomic mass is 10.3. The first kappa shape index (κ1) is 11.4. The van der Waals surface area contributed by atoms with E-state index in [0.717, 1.165) is 5.03 Å². The highest BCUT2D eigenvalue weighted by Crippen LogP contribution is 2.34. The summed E-state index contributed by atoms with van der Waals surface area (Å²) < 4.78 is 0. The van der Waals surface area contributed by atoms with Crippen molar-refractivity contribution in [3.63, 3.8) is 0 Å². The molecule has 0 saturated heterocycles. The highest BCUT2D eigenvalue weighted by atomic mass is 33.1. The molecule has 0 amide bonds. The van der Waals surface area contributed by atoms with Crippen LogP contribution in [0.4, 0.5) is 0 Å². The summed E-state index contributed by atoms with van der Waals surface area (Å²) >= 11 is 0. The van der Waals surface area contributed by atoms with E-state index in [1.165, 1.54) is 21.6 Å². The van der Waals surface area contributed by atoms with E-state index in [0.29, 0.717) is 6.42 Å². The van der Waals surface area contributed by atoms with E-state index in [1.54, 1.807) is 6.20 Å². The van der Waals surface area contributed by atoms with Crippen molar-refractivity contribution in [3.8, 4) is 0 Å². The Morgan fingerprint density at radius 2 is 2.43 bits per heavy atom. The van der Waals surface area contributed by atoms with Crippen LogP contribution < -0.4 is 0 Å². The van der Waals surface area contributed by atoms with E-state index in [9.17, 15) is 4.79 Å². The zero-order valence-corrected chi connectivity index (χ0v) is 9.35. The monoisotopic (exact) mass is 229 g/mol. The van der Waals surface area contributed by atoms with E-state index >= 15 is 0 Å². The Hall–Kier alpha value is -0.680. The third kappa shape index (κ3) is 3.59. The van der Waals surface area contributed by atoms with Crippen molar-refractivity contribution >= 4 is 27.6 Å². The van der Waals surface area contributed by atoms with Gasteiger partial charge in [-0.05, 0) is 29.3 Å². The maximum atomic E-state index is 10.7. The van der Waals surface area contributed by atoms with Crippen LogP contribution in [0.25, 0.3) is 0 Å². The van der Waals surface area contributed by atoms with Crippen molar-refractivity contribution in [2.45, 2.75) is 23.6 Å². The number of hydrogen-bond acceptors (Lipinski definition) is 4.